The summed E-state index contributed by atoms with van der Waals surface area (Å²) in [6, 6.07) is 0.505. The van der Waals surface area contributed by atoms with Crippen LogP contribution in [0.1, 0.15) is 19.8 Å². The third kappa shape index (κ3) is 4.01. The van der Waals surface area contributed by atoms with Gasteiger partial charge in [-0.25, -0.2) is 8.42 Å². The largest absolute Gasteiger partial charge is 0.330 e. The zero-order valence-electron chi connectivity index (χ0n) is 10.2. The minimum absolute atomic E-state index is 0.505. The van der Waals surface area contributed by atoms with Gasteiger partial charge in [0.1, 0.15) is 0 Å². The number of nitrogens with zero attached hydrogens (tertiary/aromatic N) is 2. The van der Waals surface area contributed by atoms with Gasteiger partial charge in [0, 0.05) is 32.2 Å². The highest BCUT2D eigenvalue weighted by atomic mass is 32.2. The minimum Gasteiger partial charge on any atom is -0.330 e. The number of hydrogen-bond donors (Lipinski definition) is 1. The van der Waals surface area contributed by atoms with Crippen LogP contribution in [0, 0.1) is 0 Å². The Morgan fingerprint density at radius 2 is 1.81 bits per heavy atom. The van der Waals surface area contributed by atoms with Gasteiger partial charge in [-0.15, -0.1) is 0 Å². The molecular formula is C10H23N3O2S. The molecule has 1 unspecified atom stereocenters. The Morgan fingerprint density at radius 3 is 2.25 bits per heavy atom. The van der Waals surface area contributed by atoms with Crippen LogP contribution in [0.25, 0.3) is 0 Å². The fourth-order valence-corrected chi connectivity index (χ4v) is 2.90. The lowest BCUT2D eigenvalue weighted by Crippen LogP contribution is -2.51. The molecule has 1 fully saturated rings. The summed E-state index contributed by atoms with van der Waals surface area (Å²) in [5.74, 6) is 0. The second-order valence-corrected chi connectivity index (χ2v) is 6.46. The van der Waals surface area contributed by atoms with E-state index in [0.29, 0.717) is 19.1 Å². The average molecular weight is 249 g/mol. The molecule has 1 heterocycles. The van der Waals surface area contributed by atoms with Gasteiger partial charge in [0.25, 0.3) is 0 Å². The molecule has 2 N–H and O–H groups in total. The molecule has 6 heteroatoms. The standard InChI is InChI=1S/C10H23N3O2S/c1-10(4-3-5-11)12-6-8-13(9-7-12)16(2,14)15/h10H,3-9,11H2,1-2H3. The van der Waals surface area contributed by atoms with Crippen LogP contribution in [-0.2, 0) is 10.0 Å². The van der Waals surface area contributed by atoms with Gasteiger partial charge in [-0.2, -0.15) is 4.31 Å². The number of piperazine rings is 1. The lowest BCUT2D eigenvalue weighted by atomic mass is 10.1. The van der Waals surface area contributed by atoms with Crippen molar-refractivity contribution in [1.29, 1.82) is 0 Å². The summed E-state index contributed by atoms with van der Waals surface area (Å²) in [5.41, 5.74) is 5.48. The first kappa shape index (κ1) is 13.9. The summed E-state index contributed by atoms with van der Waals surface area (Å²) >= 11 is 0. The number of nitrogens with two attached hydrogens (primary N) is 1. The van der Waals surface area contributed by atoms with Gasteiger partial charge in [-0.1, -0.05) is 0 Å². The van der Waals surface area contributed by atoms with E-state index in [1.54, 1.807) is 4.31 Å². The van der Waals surface area contributed by atoms with Gasteiger partial charge in [0.2, 0.25) is 10.0 Å². The molecule has 16 heavy (non-hydrogen) atoms. The van der Waals surface area contributed by atoms with E-state index in [0.717, 1.165) is 32.5 Å². The van der Waals surface area contributed by atoms with Crippen LogP contribution in [0.3, 0.4) is 0 Å². The summed E-state index contributed by atoms with van der Waals surface area (Å²) in [7, 11) is -3.01. The van der Waals surface area contributed by atoms with Gasteiger partial charge in [0.15, 0.2) is 0 Å². The van der Waals surface area contributed by atoms with E-state index in [4.69, 9.17) is 5.73 Å². The molecule has 0 aliphatic carbocycles. The number of sulfonamides is 1. The Bertz CT molecular complexity index is 297. The first-order chi connectivity index (χ1) is 7.45. The van der Waals surface area contributed by atoms with Crippen LogP contribution in [0.5, 0.6) is 0 Å². The van der Waals surface area contributed by atoms with Crippen molar-refractivity contribution in [2.24, 2.45) is 5.73 Å². The summed E-state index contributed by atoms with van der Waals surface area (Å²) in [6.45, 7) is 5.81. The van der Waals surface area contributed by atoms with E-state index in [1.165, 1.54) is 6.26 Å². The van der Waals surface area contributed by atoms with Crippen molar-refractivity contribution in [1.82, 2.24) is 9.21 Å². The lowest BCUT2D eigenvalue weighted by Gasteiger charge is -2.37. The van der Waals surface area contributed by atoms with E-state index in [2.05, 4.69) is 11.8 Å². The third-order valence-electron chi connectivity index (χ3n) is 3.19. The molecule has 0 radical (unpaired) electrons. The zero-order valence-corrected chi connectivity index (χ0v) is 11.0. The van der Waals surface area contributed by atoms with E-state index in [-0.39, 0.29) is 0 Å². The molecule has 1 aliphatic heterocycles. The van der Waals surface area contributed by atoms with Crippen molar-refractivity contribution in [3.05, 3.63) is 0 Å². The van der Waals surface area contributed by atoms with Crippen LogP contribution in [-0.4, -0.2) is 62.6 Å². The van der Waals surface area contributed by atoms with Gasteiger partial charge in [0.05, 0.1) is 6.26 Å². The summed E-state index contributed by atoms with van der Waals surface area (Å²) in [5, 5.41) is 0. The fraction of sp³-hybridized carbons (Fsp3) is 1.00. The third-order valence-corrected chi connectivity index (χ3v) is 4.49. The second-order valence-electron chi connectivity index (χ2n) is 4.48. The smallest absolute Gasteiger partial charge is 0.211 e. The topological polar surface area (TPSA) is 66.6 Å². The average Bonchev–Trinajstić information content (AvgIpc) is 2.25. The van der Waals surface area contributed by atoms with Crippen molar-refractivity contribution in [3.63, 3.8) is 0 Å². The molecule has 1 rings (SSSR count). The highest BCUT2D eigenvalue weighted by Gasteiger charge is 2.25. The minimum atomic E-state index is -3.01. The Hall–Kier alpha value is -0.170. The normalized spacial score (nSPS) is 22.2. The molecule has 1 atom stereocenters. The Labute approximate surface area is 98.6 Å². The SMILES string of the molecule is CC(CCCN)N1CCN(S(C)(=O)=O)CC1. The van der Waals surface area contributed by atoms with Gasteiger partial charge in [-0.3, -0.25) is 4.90 Å². The first-order valence-corrected chi connectivity index (χ1v) is 7.69. The monoisotopic (exact) mass is 249 g/mol. The molecule has 0 bridgehead atoms. The maximum Gasteiger partial charge on any atom is 0.211 e. The molecule has 0 aromatic carbocycles. The maximum absolute atomic E-state index is 11.3. The zero-order chi connectivity index (χ0) is 12.2. The summed E-state index contributed by atoms with van der Waals surface area (Å²) in [4.78, 5) is 2.34. The maximum atomic E-state index is 11.3. The molecule has 0 aromatic rings. The van der Waals surface area contributed by atoms with Crippen LogP contribution in [0.2, 0.25) is 0 Å². The first-order valence-electron chi connectivity index (χ1n) is 5.84. The summed E-state index contributed by atoms with van der Waals surface area (Å²) in [6.07, 6.45) is 3.41. The Morgan fingerprint density at radius 1 is 1.25 bits per heavy atom. The second kappa shape index (κ2) is 5.95. The lowest BCUT2D eigenvalue weighted by molar-refractivity contribution is 0.139. The van der Waals surface area contributed by atoms with Crippen molar-refractivity contribution in [2.75, 3.05) is 39.0 Å². The van der Waals surface area contributed by atoms with Crippen molar-refractivity contribution in [3.8, 4) is 0 Å². The highest BCUT2D eigenvalue weighted by molar-refractivity contribution is 7.88. The van der Waals surface area contributed by atoms with Crippen LogP contribution >= 0.6 is 0 Å². The van der Waals surface area contributed by atoms with Crippen molar-refractivity contribution in [2.45, 2.75) is 25.8 Å². The van der Waals surface area contributed by atoms with Crippen molar-refractivity contribution < 1.29 is 8.42 Å². The predicted octanol–water partition coefficient (Wildman–Crippen LogP) is -0.309. The van der Waals surface area contributed by atoms with E-state index in [9.17, 15) is 8.42 Å². The molecule has 0 aromatic heterocycles. The van der Waals surface area contributed by atoms with E-state index in [1.807, 2.05) is 0 Å². The molecular weight excluding hydrogens is 226 g/mol. The number of rotatable bonds is 5. The van der Waals surface area contributed by atoms with Gasteiger partial charge >= 0.3 is 0 Å². The molecule has 96 valence electrons. The molecule has 1 saturated heterocycles. The van der Waals surface area contributed by atoms with Crippen LogP contribution in [0.4, 0.5) is 0 Å². The van der Waals surface area contributed by atoms with Gasteiger partial charge in [-0.05, 0) is 26.3 Å². The highest BCUT2D eigenvalue weighted by Crippen LogP contribution is 2.12. The predicted molar refractivity (Wildman–Crippen MR) is 65.7 cm³/mol. The molecule has 5 nitrogen and oxygen atoms in total. The van der Waals surface area contributed by atoms with Crippen LogP contribution < -0.4 is 5.73 Å². The summed E-state index contributed by atoms with van der Waals surface area (Å²) < 4.78 is 24.2. The molecule has 0 amide bonds. The van der Waals surface area contributed by atoms with E-state index >= 15 is 0 Å². The molecule has 0 saturated carbocycles. The fourth-order valence-electron chi connectivity index (χ4n) is 2.07. The van der Waals surface area contributed by atoms with E-state index < -0.39 is 10.0 Å². The quantitative estimate of drug-likeness (QED) is 0.726. The van der Waals surface area contributed by atoms with Gasteiger partial charge < -0.3 is 5.73 Å². The number of hydrogen-bond acceptors (Lipinski definition) is 4. The molecule has 1 aliphatic rings. The Kier molecular flexibility index (Phi) is 5.17. The molecule has 0 spiro atoms. The van der Waals surface area contributed by atoms with Crippen LogP contribution in [0.15, 0.2) is 0 Å². The van der Waals surface area contributed by atoms with Crippen molar-refractivity contribution >= 4 is 10.0 Å². The Balaban J connectivity index is 2.37.